The van der Waals surface area contributed by atoms with Gasteiger partial charge in [-0.2, -0.15) is 4.98 Å². The first kappa shape index (κ1) is 15.7. The van der Waals surface area contributed by atoms with Crippen LogP contribution in [0, 0.1) is 6.92 Å². The summed E-state index contributed by atoms with van der Waals surface area (Å²) < 4.78 is 10.3. The molecule has 3 rings (SSSR count). The number of nitrogens with zero attached hydrogens (tertiary/aromatic N) is 3. The molecule has 0 atom stereocenters. The zero-order valence-corrected chi connectivity index (χ0v) is 13.3. The van der Waals surface area contributed by atoms with Gasteiger partial charge in [0.25, 0.3) is 5.91 Å². The van der Waals surface area contributed by atoms with Gasteiger partial charge in [-0.15, -0.1) is 0 Å². The Hall–Kier alpha value is -3.22. The summed E-state index contributed by atoms with van der Waals surface area (Å²) >= 11 is 0. The maximum atomic E-state index is 12.5. The molecule has 7 heteroatoms. The lowest BCUT2D eigenvalue weighted by Gasteiger charge is -2.11. The Labute approximate surface area is 138 Å². The van der Waals surface area contributed by atoms with E-state index in [-0.39, 0.29) is 11.8 Å². The number of rotatable bonds is 5. The van der Waals surface area contributed by atoms with Crippen LogP contribution in [0.3, 0.4) is 0 Å². The van der Waals surface area contributed by atoms with Crippen molar-refractivity contribution in [3.63, 3.8) is 0 Å². The second-order valence-electron chi connectivity index (χ2n) is 5.08. The third-order valence-electron chi connectivity index (χ3n) is 3.39. The minimum Gasteiger partial charge on any atom is -0.480 e. The summed E-state index contributed by atoms with van der Waals surface area (Å²) in [7, 11) is 1.48. The van der Waals surface area contributed by atoms with E-state index in [0.717, 1.165) is 5.56 Å². The summed E-state index contributed by atoms with van der Waals surface area (Å²) in [5.41, 5.74) is 1.91. The fraction of sp³-hybridized carbons (Fsp3) is 0.176. The molecular weight excluding hydrogens is 308 g/mol. The van der Waals surface area contributed by atoms with Crippen LogP contribution in [0.2, 0.25) is 0 Å². The summed E-state index contributed by atoms with van der Waals surface area (Å²) in [6.45, 7) is 1.76. The molecule has 2 aromatic heterocycles. The van der Waals surface area contributed by atoms with Crippen molar-refractivity contribution in [3.8, 4) is 5.88 Å². The molecule has 24 heavy (non-hydrogen) atoms. The van der Waals surface area contributed by atoms with Gasteiger partial charge in [-0.3, -0.25) is 4.79 Å². The molecule has 0 saturated heterocycles. The molecule has 0 bridgehead atoms. The number of nitrogens with one attached hydrogen (secondary N) is 1. The fourth-order valence-electron chi connectivity index (χ4n) is 2.29. The van der Waals surface area contributed by atoms with E-state index in [0.29, 0.717) is 29.4 Å². The van der Waals surface area contributed by atoms with Gasteiger partial charge in [0, 0.05) is 11.9 Å². The van der Waals surface area contributed by atoms with Crippen LogP contribution in [0.15, 0.2) is 47.1 Å². The minimum atomic E-state index is -0.297. The van der Waals surface area contributed by atoms with Crippen molar-refractivity contribution in [2.75, 3.05) is 12.4 Å². The van der Waals surface area contributed by atoms with E-state index in [4.69, 9.17) is 9.26 Å². The Morgan fingerprint density at radius 2 is 2.08 bits per heavy atom. The van der Waals surface area contributed by atoms with E-state index in [1.165, 1.54) is 7.11 Å². The van der Waals surface area contributed by atoms with Crippen molar-refractivity contribution < 1.29 is 14.1 Å². The predicted octanol–water partition coefficient (Wildman–Crippen LogP) is 2.62. The quantitative estimate of drug-likeness (QED) is 0.776. The van der Waals surface area contributed by atoms with Crippen molar-refractivity contribution in [1.29, 1.82) is 0 Å². The standard InChI is InChI=1S/C17H16N4O3/c1-11-19-15(24-21-11)10-12-6-3-4-8-14(12)20-16(22)13-7-5-9-18-17(13)23-2/h3-9H,10H2,1-2H3,(H,20,22). The number of anilines is 1. The Kier molecular flexibility index (Phi) is 4.51. The molecule has 0 aliphatic heterocycles. The fourth-order valence-corrected chi connectivity index (χ4v) is 2.29. The van der Waals surface area contributed by atoms with Gasteiger partial charge < -0.3 is 14.6 Å². The Morgan fingerprint density at radius 1 is 1.25 bits per heavy atom. The smallest absolute Gasteiger partial charge is 0.261 e. The minimum absolute atomic E-state index is 0.278. The maximum Gasteiger partial charge on any atom is 0.261 e. The lowest BCUT2D eigenvalue weighted by atomic mass is 10.1. The molecule has 0 aliphatic rings. The normalized spacial score (nSPS) is 10.4. The number of aromatic nitrogens is 3. The number of methoxy groups -OCH3 is 1. The van der Waals surface area contributed by atoms with E-state index in [1.807, 2.05) is 24.3 Å². The number of ether oxygens (including phenoxy) is 1. The molecule has 1 amide bonds. The van der Waals surface area contributed by atoms with Crippen molar-refractivity contribution in [3.05, 3.63) is 65.4 Å². The van der Waals surface area contributed by atoms with Crippen LogP contribution in [0.4, 0.5) is 5.69 Å². The first-order valence-corrected chi connectivity index (χ1v) is 7.35. The molecule has 0 radical (unpaired) electrons. The first-order valence-electron chi connectivity index (χ1n) is 7.35. The van der Waals surface area contributed by atoms with Gasteiger partial charge in [-0.25, -0.2) is 4.98 Å². The third-order valence-corrected chi connectivity index (χ3v) is 3.39. The molecular formula is C17H16N4O3. The Balaban J connectivity index is 1.83. The highest BCUT2D eigenvalue weighted by Crippen LogP contribution is 2.21. The second-order valence-corrected chi connectivity index (χ2v) is 5.08. The molecule has 3 aromatic rings. The van der Waals surface area contributed by atoms with Gasteiger partial charge in [0.15, 0.2) is 5.82 Å². The van der Waals surface area contributed by atoms with E-state index in [9.17, 15) is 4.79 Å². The highest BCUT2D eigenvalue weighted by Gasteiger charge is 2.15. The largest absolute Gasteiger partial charge is 0.480 e. The molecule has 0 saturated carbocycles. The molecule has 122 valence electrons. The van der Waals surface area contributed by atoms with Crippen molar-refractivity contribution in [2.45, 2.75) is 13.3 Å². The maximum absolute atomic E-state index is 12.5. The summed E-state index contributed by atoms with van der Waals surface area (Å²) in [4.78, 5) is 20.7. The number of pyridine rings is 1. The number of para-hydroxylation sites is 1. The molecule has 0 aliphatic carbocycles. The number of aryl methyl sites for hydroxylation is 1. The zero-order valence-electron chi connectivity index (χ0n) is 13.3. The molecule has 0 fully saturated rings. The number of carbonyl (C=O) groups excluding carboxylic acids is 1. The number of hydrogen-bond acceptors (Lipinski definition) is 6. The van der Waals surface area contributed by atoms with E-state index < -0.39 is 0 Å². The monoisotopic (exact) mass is 324 g/mol. The summed E-state index contributed by atoms with van der Waals surface area (Å²) in [6.07, 6.45) is 2.00. The number of hydrogen-bond donors (Lipinski definition) is 1. The van der Waals surface area contributed by atoms with Crippen molar-refractivity contribution >= 4 is 11.6 Å². The zero-order chi connectivity index (χ0) is 16.9. The van der Waals surface area contributed by atoms with Gasteiger partial charge in [0.1, 0.15) is 5.56 Å². The van der Waals surface area contributed by atoms with Crippen LogP contribution in [0.1, 0.15) is 27.6 Å². The Morgan fingerprint density at radius 3 is 2.83 bits per heavy atom. The van der Waals surface area contributed by atoms with Gasteiger partial charge in [0.05, 0.1) is 13.5 Å². The number of benzene rings is 1. The molecule has 2 heterocycles. The van der Waals surface area contributed by atoms with Crippen LogP contribution < -0.4 is 10.1 Å². The lowest BCUT2D eigenvalue weighted by molar-refractivity contribution is 0.102. The van der Waals surface area contributed by atoms with Crippen molar-refractivity contribution in [1.82, 2.24) is 15.1 Å². The Bertz CT molecular complexity index is 860. The molecule has 1 aromatic carbocycles. The second kappa shape index (κ2) is 6.91. The third kappa shape index (κ3) is 3.40. The topological polar surface area (TPSA) is 90.1 Å². The van der Waals surface area contributed by atoms with Crippen LogP contribution in [-0.2, 0) is 6.42 Å². The summed E-state index contributed by atoms with van der Waals surface area (Å²) in [6, 6.07) is 10.8. The first-order chi connectivity index (χ1) is 11.7. The number of carbonyl (C=O) groups is 1. The molecule has 1 N–H and O–H groups in total. The van der Waals surface area contributed by atoms with Crippen LogP contribution in [0.5, 0.6) is 5.88 Å². The summed E-state index contributed by atoms with van der Waals surface area (Å²) in [5.74, 6) is 1.05. The molecule has 7 nitrogen and oxygen atoms in total. The van der Waals surface area contributed by atoms with Gasteiger partial charge in [-0.05, 0) is 30.7 Å². The van der Waals surface area contributed by atoms with E-state index in [1.54, 1.807) is 25.3 Å². The SMILES string of the molecule is COc1ncccc1C(=O)Nc1ccccc1Cc1nc(C)no1. The van der Waals surface area contributed by atoms with Crippen LogP contribution in [-0.4, -0.2) is 28.1 Å². The van der Waals surface area contributed by atoms with Gasteiger partial charge >= 0.3 is 0 Å². The van der Waals surface area contributed by atoms with Gasteiger partial charge in [-0.1, -0.05) is 23.4 Å². The average Bonchev–Trinajstić information content (AvgIpc) is 3.01. The predicted molar refractivity (Wildman–Crippen MR) is 87.0 cm³/mol. The van der Waals surface area contributed by atoms with Crippen LogP contribution >= 0.6 is 0 Å². The lowest BCUT2D eigenvalue weighted by Crippen LogP contribution is -2.15. The summed E-state index contributed by atoms with van der Waals surface area (Å²) in [5, 5.41) is 6.66. The molecule has 0 unspecified atom stereocenters. The van der Waals surface area contributed by atoms with E-state index in [2.05, 4.69) is 20.4 Å². The highest BCUT2D eigenvalue weighted by atomic mass is 16.5. The van der Waals surface area contributed by atoms with Gasteiger partial charge in [0.2, 0.25) is 11.8 Å². The average molecular weight is 324 g/mol. The highest BCUT2D eigenvalue weighted by molar-refractivity contribution is 6.06. The van der Waals surface area contributed by atoms with Crippen molar-refractivity contribution in [2.24, 2.45) is 0 Å². The number of amides is 1. The molecule has 0 spiro atoms. The van der Waals surface area contributed by atoms with E-state index >= 15 is 0 Å². The van der Waals surface area contributed by atoms with Crippen LogP contribution in [0.25, 0.3) is 0 Å².